The number of nitriles is 1. The van der Waals surface area contributed by atoms with E-state index in [2.05, 4.69) is 10.6 Å². The summed E-state index contributed by atoms with van der Waals surface area (Å²) in [5.74, 6) is -1.07. The molecule has 0 fully saturated rings. The number of rotatable bonds is 5. The topological polar surface area (TPSA) is 102 Å². The lowest BCUT2D eigenvalue weighted by atomic mass is 10.2. The fourth-order valence-electron chi connectivity index (χ4n) is 1.54. The number of carboxylic acid groups (broad SMARTS) is 1. The molecule has 3 N–H and O–H groups in total. The molecule has 0 bridgehead atoms. The van der Waals surface area contributed by atoms with Gasteiger partial charge < -0.3 is 15.7 Å². The molecule has 0 aliphatic rings. The second-order valence-electron chi connectivity index (χ2n) is 3.97. The van der Waals surface area contributed by atoms with Crippen LogP contribution in [0, 0.1) is 11.3 Å². The zero-order valence-electron chi connectivity index (χ0n) is 10.5. The van der Waals surface area contributed by atoms with Crippen LogP contribution in [0.1, 0.15) is 25.3 Å². The minimum atomic E-state index is -1.07. The molecule has 100 valence electrons. The van der Waals surface area contributed by atoms with E-state index >= 15 is 0 Å². The van der Waals surface area contributed by atoms with Crippen molar-refractivity contribution >= 4 is 17.7 Å². The SMILES string of the molecule is CCC[C@@H](NC(=O)Nc1cccc(C#N)c1)C(=O)O. The molecule has 1 rings (SSSR count). The van der Waals surface area contributed by atoms with Gasteiger partial charge in [0.1, 0.15) is 6.04 Å². The van der Waals surface area contributed by atoms with Gasteiger partial charge in [-0.2, -0.15) is 5.26 Å². The lowest BCUT2D eigenvalue weighted by molar-refractivity contribution is -0.139. The number of nitrogens with zero attached hydrogens (tertiary/aromatic N) is 1. The zero-order chi connectivity index (χ0) is 14.3. The Labute approximate surface area is 111 Å². The van der Waals surface area contributed by atoms with E-state index in [0.717, 1.165) is 0 Å². The highest BCUT2D eigenvalue weighted by Gasteiger charge is 2.18. The first-order chi connectivity index (χ1) is 9.06. The summed E-state index contributed by atoms with van der Waals surface area (Å²) in [6, 6.07) is 6.82. The molecule has 0 saturated carbocycles. The van der Waals surface area contributed by atoms with Crippen molar-refractivity contribution in [3.05, 3.63) is 29.8 Å². The highest BCUT2D eigenvalue weighted by Crippen LogP contribution is 2.09. The van der Waals surface area contributed by atoms with E-state index in [-0.39, 0.29) is 0 Å². The molecule has 0 aromatic heterocycles. The Morgan fingerprint density at radius 3 is 2.79 bits per heavy atom. The molecule has 0 heterocycles. The van der Waals surface area contributed by atoms with Gasteiger partial charge in [0, 0.05) is 5.69 Å². The van der Waals surface area contributed by atoms with Crippen molar-refractivity contribution < 1.29 is 14.7 Å². The molecule has 0 radical (unpaired) electrons. The zero-order valence-corrected chi connectivity index (χ0v) is 10.5. The normalized spacial score (nSPS) is 11.2. The molecule has 0 spiro atoms. The number of carbonyl (C=O) groups is 2. The van der Waals surface area contributed by atoms with Crippen LogP contribution in [0.25, 0.3) is 0 Å². The van der Waals surface area contributed by atoms with Gasteiger partial charge in [0.25, 0.3) is 0 Å². The third kappa shape index (κ3) is 4.68. The van der Waals surface area contributed by atoms with Crippen molar-refractivity contribution in [2.45, 2.75) is 25.8 Å². The van der Waals surface area contributed by atoms with E-state index in [1.807, 2.05) is 13.0 Å². The van der Waals surface area contributed by atoms with Gasteiger partial charge in [-0.1, -0.05) is 19.4 Å². The number of aliphatic carboxylic acids is 1. The number of hydrogen-bond donors (Lipinski definition) is 3. The van der Waals surface area contributed by atoms with Gasteiger partial charge in [0.15, 0.2) is 0 Å². The molecule has 6 nitrogen and oxygen atoms in total. The predicted octanol–water partition coefficient (Wildman–Crippen LogP) is 1.93. The average Bonchev–Trinajstić information content (AvgIpc) is 2.38. The monoisotopic (exact) mass is 261 g/mol. The summed E-state index contributed by atoms with van der Waals surface area (Å²) in [5, 5.41) is 22.5. The number of anilines is 1. The smallest absolute Gasteiger partial charge is 0.326 e. The molecule has 0 aliphatic carbocycles. The van der Waals surface area contributed by atoms with E-state index in [0.29, 0.717) is 24.1 Å². The van der Waals surface area contributed by atoms with Crippen molar-refractivity contribution in [1.82, 2.24) is 5.32 Å². The van der Waals surface area contributed by atoms with Crippen LogP contribution in [0.15, 0.2) is 24.3 Å². The van der Waals surface area contributed by atoms with Crippen molar-refractivity contribution in [3.63, 3.8) is 0 Å². The van der Waals surface area contributed by atoms with Crippen LogP contribution in [-0.4, -0.2) is 23.1 Å². The summed E-state index contributed by atoms with van der Waals surface area (Å²) in [7, 11) is 0. The van der Waals surface area contributed by atoms with E-state index in [9.17, 15) is 9.59 Å². The fraction of sp³-hybridized carbons (Fsp3) is 0.308. The third-order valence-electron chi connectivity index (χ3n) is 2.43. The molecule has 2 amide bonds. The van der Waals surface area contributed by atoms with Crippen LogP contribution in [0.5, 0.6) is 0 Å². The molecular weight excluding hydrogens is 246 g/mol. The van der Waals surface area contributed by atoms with Crippen molar-refractivity contribution in [1.29, 1.82) is 5.26 Å². The average molecular weight is 261 g/mol. The lowest BCUT2D eigenvalue weighted by Gasteiger charge is -2.14. The van der Waals surface area contributed by atoms with Crippen LogP contribution >= 0.6 is 0 Å². The highest BCUT2D eigenvalue weighted by molar-refractivity contribution is 5.92. The Balaban J connectivity index is 2.63. The van der Waals surface area contributed by atoms with Crippen LogP contribution in [0.4, 0.5) is 10.5 Å². The highest BCUT2D eigenvalue weighted by atomic mass is 16.4. The maximum absolute atomic E-state index is 11.6. The molecule has 1 aromatic carbocycles. The van der Waals surface area contributed by atoms with Gasteiger partial charge in [0.05, 0.1) is 11.6 Å². The maximum atomic E-state index is 11.6. The Bertz CT molecular complexity index is 508. The first kappa shape index (κ1) is 14.5. The van der Waals surface area contributed by atoms with E-state index in [1.54, 1.807) is 18.2 Å². The van der Waals surface area contributed by atoms with Crippen LogP contribution in [0.3, 0.4) is 0 Å². The summed E-state index contributed by atoms with van der Waals surface area (Å²) >= 11 is 0. The van der Waals surface area contributed by atoms with Crippen molar-refractivity contribution in [2.24, 2.45) is 0 Å². The number of carbonyl (C=O) groups excluding carboxylic acids is 1. The van der Waals surface area contributed by atoms with E-state index in [1.165, 1.54) is 6.07 Å². The van der Waals surface area contributed by atoms with Gasteiger partial charge in [-0.05, 0) is 24.6 Å². The minimum Gasteiger partial charge on any atom is -0.480 e. The maximum Gasteiger partial charge on any atom is 0.326 e. The van der Waals surface area contributed by atoms with Crippen LogP contribution < -0.4 is 10.6 Å². The van der Waals surface area contributed by atoms with Gasteiger partial charge in [0.2, 0.25) is 0 Å². The quantitative estimate of drug-likeness (QED) is 0.753. The summed E-state index contributed by atoms with van der Waals surface area (Å²) in [6.07, 6.45) is 1.02. The molecule has 0 unspecified atom stereocenters. The van der Waals surface area contributed by atoms with Crippen molar-refractivity contribution in [3.8, 4) is 6.07 Å². The van der Waals surface area contributed by atoms with Crippen LogP contribution in [0.2, 0.25) is 0 Å². The first-order valence-corrected chi connectivity index (χ1v) is 5.87. The minimum absolute atomic E-state index is 0.362. The Morgan fingerprint density at radius 2 is 2.21 bits per heavy atom. The number of urea groups is 1. The molecule has 0 aliphatic heterocycles. The fourth-order valence-corrected chi connectivity index (χ4v) is 1.54. The number of nitrogens with one attached hydrogen (secondary N) is 2. The molecular formula is C13H15N3O3. The summed E-state index contributed by atoms with van der Waals surface area (Å²) in [4.78, 5) is 22.5. The molecule has 1 aromatic rings. The standard InChI is InChI=1S/C13H15N3O3/c1-2-4-11(12(17)18)16-13(19)15-10-6-3-5-9(7-10)8-14/h3,5-7,11H,2,4H2,1H3,(H,17,18)(H2,15,16,19)/t11-/m1/s1. The van der Waals surface area contributed by atoms with Crippen LogP contribution in [-0.2, 0) is 4.79 Å². The van der Waals surface area contributed by atoms with E-state index < -0.39 is 18.0 Å². The number of amides is 2. The molecule has 1 atom stereocenters. The van der Waals surface area contributed by atoms with E-state index in [4.69, 9.17) is 10.4 Å². The number of benzene rings is 1. The summed E-state index contributed by atoms with van der Waals surface area (Å²) < 4.78 is 0. The third-order valence-corrected chi connectivity index (χ3v) is 2.43. The Hall–Kier alpha value is -2.55. The summed E-state index contributed by atoms with van der Waals surface area (Å²) in [5.41, 5.74) is 0.860. The van der Waals surface area contributed by atoms with Gasteiger partial charge in [-0.3, -0.25) is 0 Å². The number of hydrogen-bond acceptors (Lipinski definition) is 3. The summed E-state index contributed by atoms with van der Waals surface area (Å²) in [6.45, 7) is 1.84. The lowest BCUT2D eigenvalue weighted by Crippen LogP contribution is -2.42. The Morgan fingerprint density at radius 1 is 1.47 bits per heavy atom. The molecule has 0 saturated heterocycles. The largest absolute Gasteiger partial charge is 0.480 e. The molecule has 6 heteroatoms. The number of carboxylic acids is 1. The first-order valence-electron chi connectivity index (χ1n) is 5.87. The molecule has 19 heavy (non-hydrogen) atoms. The van der Waals surface area contributed by atoms with Gasteiger partial charge in [-0.25, -0.2) is 9.59 Å². The predicted molar refractivity (Wildman–Crippen MR) is 69.6 cm³/mol. The Kier molecular flexibility index (Phi) is 5.35. The van der Waals surface area contributed by atoms with Crippen molar-refractivity contribution in [2.75, 3.05) is 5.32 Å². The second kappa shape index (κ2) is 7.01. The van der Waals surface area contributed by atoms with Gasteiger partial charge in [-0.15, -0.1) is 0 Å². The van der Waals surface area contributed by atoms with Gasteiger partial charge >= 0.3 is 12.0 Å². The second-order valence-corrected chi connectivity index (χ2v) is 3.97.